The van der Waals surface area contributed by atoms with Crippen molar-refractivity contribution in [1.82, 2.24) is 15.5 Å². The minimum absolute atomic E-state index is 0.0213. The number of hydrogen-bond donors (Lipinski definition) is 2. The highest BCUT2D eigenvalue weighted by atomic mass is 16.7. The molecule has 312 valence electrons. The smallest absolute Gasteiger partial charge is 0.482 e. The Hall–Kier alpha value is -3.52. The number of hydrogen-bond acceptors (Lipinski definition) is 10. The summed E-state index contributed by atoms with van der Waals surface area (Å²) >= 11 is 0. The van der Waals surface area contributed by atoms with Crippen LogP contribution in [0.15, 0.2) is 18.2 Å². The van der Waals surface area contributed by atoms with Gasteiger partial charge in [-0.15, -0.1) is 0 Å². The number of esters is 1. The number of methoxy groups -OCH3 is 1. The molecule has 2 N–H and O–H groups in total. The average Bonchev–Trinajstić information content (AvgIpc) is 3.39. The molecule has 2 bridgehead atoms. The van der Waals surface area contributed by atoms with Gasteiger partial charge in [-0.2, -0.15) is 0 Å². The van der Waals surface area contributed by atoms with Gasteiger partial charge in [-0.1, -0.05) is 26.0 Å². The lowest BCUT2D eigenvalue weighted by atomic mass is 9.43. The maximum atomic E-state index is 13.9. The Kier molecular flexibility index (Phi) is 12.5. The van der Waals surface area contributed by atoms with Gasteiger partial charge in [0.05, 0.1) is 24.8 Å². The number of para-hydroxylation sites is 1. The van der Waals surface area contributed by atoms with Gasteiger partial charge < -0.3 is 43.8 Å². The van der Waals surface area contributed by atoms with Gasteiger partial charge in [0.1, 0.15) is 28.1 Å². The molecule has 56 heavy (non-hydrogen) atoms. The normalized spacial score (nSPS) is 27.1. The van der Waals surface area contributed by atoms with Crippen LogP contribution < -0.4 is 15.4 Å². The van der Waals surface area contributed by atoms with Crippen LogP contribution in [0.1, 0.15) is 131 Å². The molecule has 0 spiro atoms. The zero-order chi connectivity index (χ0) is 41.6. The topological polar surface area (TPSA) is 151 Å². The van der Waals surface area contributed by atoms with E-state index in [4.69, 9.17) is 28.3 Å². The van der Waals surface area contributed by atoms with Gasteiger partial charge in [-0.05, 0) is 136 Å². The summed E-state index contributed by atoms with van der Waals surface area (Å²) in [4.78, 5) is 54.4. The molecule has 1 saturated heterocycles. The van der Waals surface area contributed by atoms with E-state index in [2.05, 4.69) is 31.4 Å². The van der Waals surface area contributed by atoms with Crippen molar-refractivity contribution in [2.24, 2.45) is 23.2 Å². The fraction of sp³-hybridized carbons (Fsp3) is 0.762. The fourth-order valence-electron chi connectivity index (χ4n) is 8.99. The first-order chi connectivity index (χ1) is 25.8. The molecule has 5 aliphatic rings. The molecule has 0 aromatic heterocycles. The Labute approximate surface area is 334 Å². The second-order valence-corrected chi connectivity index (χ2v) is 20.0. The van der Waals surface area contributed by atoms with E-state index in [0.717, 1.165) is 18.4 Å². The number of rotatable bonds is 12. The second-order valence-electron chi connectivity index (χ2n) is 20.0. The molecule has 6 rings (SSSR count). The molecule has 5 fully saturated rings. The third-order valence-electron chi connectivity index (χ3n) is 11.8. The van der Waals surface area contributed by atoms with Crippen molar-refractivity contribution in [1.29, 1.82) is 0 Å². The summed E-state index contributed by atoms with van der Waals surface area (Å²) in [6.07, 6.45) is 2.62. The molecule has 1 aromatic carbocycles. The minimum atomic E-state index is -0.715. The third kappa shape index (κ3) is 10.1. The number of carbonyl (C=O) groups excluding carboxylic acids is 4. The molecular weight excluding hydrogens is 717 g/mol. The molecule has 4 saturated carbocycles. The largest absolute Gasteiger partial charge is 0.496 e. The van der Waals surface area contributed by atoms with E-state index in [1.165, 1.54) is 7.11 Å². The van der Waals surface area contributed by atoms with Crippen LogP contribution in [-0.4, -0.2) is 96.8 Å². The van der Waals surface area contributed by atoms with Crippen molar-refractivity contribution in [3.8, 4) is 5.75 Å². The van der Waals surface area contributed by atoms with Gasteiger partial charge in [0.15, 0.2) is 0 Å². The van der Waals surface area contributed by atoms with Crippen molar-refractivity contribution >= 4 is 31.2 Å². The average molecular weight is 784 g/mol. The van der Waals surface area contributed by atoms with E-state index >= 15 is 0 Å². The first kappa shape index (κ1) is 43.6. The fourth-order valence-corrected chi connectivity index (χ4v) is 8.99. The Balaban J connectivity index is 1.29. The summed E-state index contributed by atoms with van der Waals surface area (Å²) in [5.41, 5.74) is -1.35. The van der Waals surface area contributed by atoms with Crippen molar-refractivity contribution in [3.05, 3.63) is 29.3 Å². The number of nitrogens with one attached hydrogen (secondary N) is 2. The SMILES string of the molecule is COc1c(CC(NC(=O)CC2CC(N(CCNC(=O)OC(C)(C)C)C(=O)OC(C)(C)C)C2)B2OC3CC4CC(C4(C)C)C3(C)O2)cccc1C(=O)OC(C)(C)C. The first-order valence-electron chi connectivity index (χ1n) is 20.3. The van der Waals surface area contributed by atoms with Crippen molar-refractivity contribution in [3.63, 3.8) is 0 Å². The quantitative estimate of drug-likeness (QED) is 0.131. The summed E-state index contributed by atoms with van der Waals surface area (Å²) in [6.45, 7) is 23.4. The zero-order valence-electron chi connectivity index (χ0n) is 36.0. The monoisotopic (exact) mass is 783 g/mol. The number of benzene rings is 1. The van der Waals surface area contributed by atoms with E-state index in [1.807, 2.05) is 47.6 Å². The summed E-state index contributed by atoms with van der Waals surface area (Å²) < 4.78 is 36.1. The standard InChI is InChI=1S/C42H66BN3O10/c1-38(2,3)52-35(48)29-16-14-15-26(34(29)51-13)22-32(43-55-31-24-27-23-30(41(27,10)11)42(31,12)56-43)45-33(47)21-25-19-28(20-25)46(37(50)54-40(7,8)9)18-17-44-36(49)53-39(4,5)6/h14-16,25,27-28,30-32H,17-24H2,1-13H3,(H,44,49)(H,45,47). The predicted molar refractivity (Wildman–Crippen MR) is 212 cm³/mol. The van der Waals surface area contributed by atoms with Gasteiger partial charge in [0, 0.05) is 25.6 Å². The summed E-state index contributed by atoms with van der Waals surface area (Å²) in [7, 11) is 0.808. The third-order valence-corrected chi connectivity index (χ3v) is 11.8. The maximum Gasteiger partial charge on any atom is 0.482 e. The van der Waals surface area contributed by atoms with Crippen molar-refractivity contribution in [2.75, 3.05) is 20.2 Å². The van der Waals surface area contributed by atoms with Crippen LogP contribution in [0.4, 0.5) is 9.59 Å². The van der Waals surface area contributed by atoms with Crippen LogP contribution in [-0.2, 0) is 34.7 Å². The Bertz CT molecular complexity index is 1630. The van der Waals surface area contributed by atoms with E-state index in [9.17, 15) is 19.2 Å². The molecule has 0 radical (unpaired) electrons. The Morgan fingerprint density at radius 1 is 0.911 bits per heavy atom. The van der Waals surface area contributed by atoms with Crippen LogP contribution in [0, 0.1) is 23.2 Å². The van der Waals surface area contributed by atoms with Crippen LogP contribution in [0.2, 0.25) is 0 Å². The highest BCUT2D eigenvalue weighted by Crippen LogP contribution is 2.65. The summed E-state index contributed by atoms with van der Waals surface area (Å²) in [6, 6.07) is 5.20. The van der Waals surface area contributed by atoms with E-state index in [-0.39, 0.29) is 48.9 Å². The van der Waals surface area contributed by atoms with Crippen LogP contribution >= 0.6 is 0 Å². The zero-order valence-corrected chi connectivity index (χ0v) is 36.0. The number of ether oxygens (including phenoxy) is 4. The molecule has 1 aliphatic heterocycles. The highest BCUT2D eigenvalue weighted by Gasteiger charge is 2.68. The minimum Gasteiger partial charge on any atom is -0.496 e. The molecule has 5 unspecified atom stereocenters. The van der Waals surface area contributed by atoms with E-state index in [0.29, 0.717) is 42.4 Å². The van der Waals surface area contributed by atoms with E-state index in [1.54, 1.807) is 37.8 Å². The van der Waals surface area contributed by atoms with Crippen molar-refractivity contribution < 1.29 is 47.4 Å². The molecule has 13 nitrogen and oxygen atoms in total. The van der Waals surface area contributed by atoms with Gasteiger partial charge in [0.2, 0.25) is 5.91 Å². The Morgan fingerprint density at radius 2 is 1.55 bits per heavy atom. The van der Waals surface area contributed by atoms with Gasteiger partial charge in [-0.25, -0.2) is 14.4 Å². The number of alkyl carbamates (subject to hydrolysis) is 1. The van der Waals surface area contributed by atoms with Crippen LogP contribution in [0.3, 0.4) is 0 Å². The second kappa shape index (κ2) is 16.0. The summed E-state index contributed by atoms with van der Waals surface area (Å²) in [5.74, 6) is 0.0697. The van der Waals surface area contributed by atoms with Gasteiger partial charge >= 0.3 is 25.3 Å². The van der Waals surface area contributed by atoms with Gasteiger partial charge in [-0.3, -0.25) is 4.79 Å². The van der Waals surface area contributed by atoms with Gasteiger partial charge in [0.25, 0.3) is 0 Å². The molecule has 4 aliphatic carbocycles. The number of amides is 3. The van der Waals surface area contributed by atoms with E-state index < -0.39 is 53.6 Å². The predicted octanol–water partition coefficient (Wildman–Crippen LogP) is 6.88. The lowest BCUT2D eigenvalue weighted by Gasteiger charge is -2.64. The molecule has 1 aromatic rings. The van der Waals surface area contributed by atoms with Crippen molar-refractivity contribution in [2.45, 2.75) is 162 Å². The first-order valence-corrected chi connectivity index (χ1v) is 20.3. The molecule has 14 heteroatoms. The lowest BCUT2D eigenvalue weighted by molar-refractivity contribution is -0.199. The van der Waals surface area contributed by atoms with Crippen LogP contribution in [0.25, 0.3) is 0 Å². The number of nitrogens with zero attached hydrogens (tertiary/aromatic N) is 1. The molecule has 3 amide bonds. The molecule has 5 atom stereocenters. The molecular formula is C42H66BN3O10. The maximum absolute atomic E-state index is 13.9. The number of carbonyl (C=O) groups is 4. The van der Waals surface area contributed by atoms with Crippen LogP contribution in [0.5, 0.6) is 5.75 Å². The highest BCUT2D eigenvalue weighted by molar-refractivity contribution is 6.48. The Morgan fingerprint density at radius 3 is 2.14 bits per heavy atom. The lowest BCUT2D eigenvalue weighted by Crippen LogP contribution is -2.65. The molecule has 1 heterocycles. The summed E-state index contributed by atoms with van der Waals surface area (Å²) in [5, 5.41) is 5.98.